The van der Waals surface area contributed by atoms with Crippen LogP contribution in [-0.2, 0) is 10.0 Å². The Hall–Kier alpha value is -0.920. The minimum absolute atomic E-state index is 0.338. The minimum atomic E-state index is -3.40. The van der Waals surface area contributed by atoms with Crippen LogP contribution in [0.2, 0.25) is 0 Å². The molecule has 1 aliphatic rings. The molecular weight excluding hydrogens is 252 g/mol. The maximum atomic E-state index is 12.5. The summed E-state index contributed by atoms with van der Waals surface area (Å²) in [6.45, 7) is 4.60. The summed E-state index contributed by atoms with van der Waals surface area (Å²) in [6, 6.07) is 0.419. The van der Waals surface area contributed by atoms with Crippen LogP contribution in [0.5, 0.6) is 0 Å². The van der Waals surface area contributed by atoms with Gasteiger partial charge in [-0.25, -0.2) is 8.42 Å². The third kappa shape index (κ3) is 2.30. The Labute approximate surface area is 108 Å². The highest BCUT2D eigenvalue weighted by molar-refractivity contribution is 7.89. The van der Waals surface area contributed by atoms with Gasteiger partial charge in [0.15, 0.2) is 0 Å². The van der Waals surface area contributed by atoms with Crippen molar-refractivity contribution in [2.45, 2.75) is 37.6 Å². The van der Waals surface area contributed by atoms with Crippen molar-refractivity contribution in [3.63, 3.8) is 0 Å². The normalized spacial score (nSPS) is 19.3. The monoisotopic (exact) mass is 272 g/mol. The van der Waals surface area contributed by atoms with Gasteiger partial charge in [0.25, 0.3) is 0 Å². The van der Waals surface area contributed by atoms with Crippen molar-refractivity contribution in [1.29, 1.82) is 0 Å². The van der Waals surface area contributed by atoms with Gasteiger partial charge in [0, 0.05) is 19.1 Å². The zero-order valence-corrected chi connectivity index (χ0v) is 11.8. The molecule has 0 spiro atoms. The van der Waals surface area contributed by atoms with Gasteiger partial charge in [-0.05, 0) is 33.7 Å². The van der Waals surface area contributed by atoms with Crippen molar-refractivity contribution in [1.82, 2.24) is 19.8 Å². The molecule has 18 heavy (non-hydrogen) atoms. The minimum Gasteiger partial charge on any atom is -0.317 e. The number of aromatic amines is 1. The van der Waals surface area contributed by atoms with Crippen LogP contribution >= 0.6 is 0 Å². The summed E-state index contributed by atoms with van der Waals surface area (Å²) in [5, 5.41) is 9.89. The lowest BCUT2D eigenvalue weighted by atomic mass is 10.1. The Balaban J connectivity index is 2.23. The highest BCUT2D eigenvalue weighted by Crippen LogP contribution is 2.24. The SMILES string of the molecule is CNC1CCN(S(=O)(=O)c2c(C)n[nH]c2C)CC1. The molecule has 0 atom stereocenters. The maximum Gasteiger partial charge on any atom is 0.246 e. The van der Waals surface area contributed by atoms with E-state index in [0.717, 1.165) is 12.8 Å². The Morgan fingerprint density at radius 1 is 1.33 bits per heavy atom. The summed E-state index contributed by atoms with van der Waals surface area (Å²) >= 11 is 0. The molecule has 0 radical (unpaired) electrons. The molecule has 1 aliphatic heterocycles. The third-order valence-corrected chi connectivity index (χ3v) is 5.68. The number of nitrogens with zero attached hydrogens (tertiary/aromatic N) is 2. The standard InChI is InChI=1S/C11H20N4O2S/c1-8-11(9(2)14-13-8)18(16,17)15-6-4-10(12-3)5-7-15/h10,12H,4-7H2,1-3H3,(H,13,14). The van der Waals surface area contributed by atoms with Gasteiger partial charge in [-0.2, -0.15) is 9.40 Å². The number of nitrogens with one attached hydrogen (secondary N) is 2. The predicted molar refractivity (Wildman–Crippen MR) is 68.9 cm³/mol. The van der Waals surface area contributed by atoms with Gasteiger partial charge >= 0.3 is 0 Å². The first-order chi connectivity index (χ1) is 8.46. The Morgan fingerprint density at radius 3 is 2.39 bits per heavy atom. The van der Waals surface area contributed by atoms with E-state index in [1.807, 2.05) is 7.05 Å². The number of piperidine rings is 1. The number of sulfonamides is 1. The van der Waals surface area contributed by atoms with E-state index < -0.39 is 10.0 Å². The second-order valence-electron chi connectivity index (χ2n) is 4.73. The van der Waals surface area contributed by atoms with E-state index in [1.165, 1.54) is 0 Å². The lowest BCUT2D eigenvalue weighted by molar-refractivity contribution is 0.298. The molecule has 6 nitrogen and oxygen atoms in total. The highest BCUT2D eigenvalue weighted by atomic mass is 32.2. The number of aromatic nitrogens is 2. The van der Waals surface area contributed by atoms with Gasteiger partial charge < -0.3 is 5.32 Å². The summed E-state index contributed by atoms with van der Waals surface area (Å²) in [5.41, 5.74) is 1.16. The zero-order chi connectivity index (χ0) is 13.3. The zero-order valence-electron chi connectivity index (χ0n) is 11.0. The fourth-order valence-electron chi connectivity index (χ4n) is 2.43. The lowest BCUT2D eigenvalue weighted by Gasteiger charge is -2.30. The lowest BCUT2D eigenvalue weighted by Crippen LogP contribution is -2.44. The summed E-state index contributed by atoms with van der Waals surface area (Å²) in [5.74, 6) is 0. The van der Waals surface area contributed by atoms with Crippen LogP contribution in [0.15, 0.2) is 4.90 Å². The van der Waals surface area contributed by atoms with Crippen LogP contribution in [0, 0.1) is 13.8 Å². The number of H-pyrrole nitrogens is 1. The summed E-state index contributed by atoms with van der Waals surface area (Å²) in [7, 11) is -1.48. The number of hydrogen-bond donors (Lipinski definition) is 2. The van der Waals surface area contributed by atoms with E-state index in [4.69, 9.17) is 0 Å². The van der Waals surface area contributed by atoms with Crippen molar-refractivity contribution < 1.29 is 8.42 Å². The first kappa shape index (κ1) is 13.5. The van der Waals surface area contributed by atoms with Gasteiger partial charge in [0.2, 0.25) is 10.0 Å². The Kier molecular flexibility index (Phi) is 3.74. The van der Waals surface area contributed by atoms with Gasteiger partial charge in [-0.15, -0.1) is 0 Å². The van der Waals surface area contributed by atoms with E-state index >= 15 is 0 Å². The molecule has 0 saturated carbocycles. The quantitative estimate of drug-likeness (QED) is 0.835. The van der Waals surface area contributed by atoms with Crippen LogP contribution < -0.4 is 5.32 Å². The van der Waals surface area contributed by atoms with Crippen LogP contribution in [0.25, 0.3) is 0 Å². The molecule has 2 rings (SSSR count). The predicted octanol–water partition coefficient (Wildman–Crippen LogP) is 0.399. The van der Waals surface area contributed by atoms with Crippen LogP contribution in [0.4, 0.5) is 0 Å². The largest absolute Gasteiger partial charge is 0.317 e. The first-order valence-electron chi connectivity index (χ1n) is 6.15. The average molecular weight is 272 g/mol. The van der Waals surface area contributed by atoms with Crippen LogP contribution in [0.1, 0.15) is 24.2 Å². The number of rotatable bonds is 3. The highest BCUT2D eigenvalue weighted by Gasteiger charge is 2.32. The average Bonchev–Trinajstić information content (AvgIpc) is 2.69. The van der Waals surface area contributed by atoms with Gasteiger partial charge in [0.1, 0.15) is 4.90 Å². The molecule has 0 aliphatic carbocycles. The molecule has 1 aromatic heterocycles. The molecule has 0 unspecified atom stereocenters. The van der Waals surface area contributed by atoms with Crippen LogP contribution in [-0.4, -0.2) is 49.1 Å². The van der Waals surface area contributed by atoms with E-state index in [1.54, 1.807) is 18.2 Å². The molecule has 2 heterocycles. The van der Waals surface area contributed by atoms with Gasteiger partial charge in [0.05, 0.1) is 11.4 Å². The molecule has 1 saturated heterocycles. The number of aryl methyl sites for hydroxylation is 2. The fourth-order valence-corrected chi connectivity index (χ4v) is 4.24. The molecule has 102 valence electrons. The molecule has 1 fully saturated rings. The van der Waals surface area contributed by atoms with E-state index in [0.29, 0.717) is 35.4 Å². The molecule has 0 aromatic carbocycles. The molecule has 7 heteroatoms. The van der Waals surface area contributed by atoms with Crippen molar-refractivity contribution in [3.8, 4) is 0 Å². The molecule has 0 bridgehead atoms. The molecule has 2 N–H and O–H groups in total. The van der Waals surface area contributed by atoms with Gasteiger partial charge in [-0.3, -0.25) is 5.10 Å². The van der Waals surface area contributed by atoms with Crippen molar-refractivity contribution in [2.75, 3.05) is 20.1 Å². The van der Waals surface area contributed by atoms with Crippen molar-refractivity contribution >= 4 is 10.0 Å². The van der Waals surface area contributed by atoms with Crippen molar-refractivity contribution in [3.05, 3.63) is 11.4 Å². The van der Waals surface area contributed by atoms with E-state index in [9.17, 15) is 8.42 Å². The van der Waals surface area contributed by atoms with Gasteiger partial charge in [-0.1, -0.05) is 0 Å². The topological polar surface area (TPSA) is 78.1 Å². The summed E-state index contributed by atoms with van der Waals surface area (Å²) in [4.78, 5) is 0.338. The molecule has 1 aromatic rings. The second kappa shape index (κ2) is 4.99. The Morgan fingerprint density at radius 2 is 1.94 bits per heavy atom. The fraction of sp³-hybridized carbons (Fsp3) is 0.727. The van der Waals surface area contributed by atoms with E-state index in [-0.39, 0.29) is 0 Å². The van der Waals surface area contributed by atoms with Crippen LogP contribution in [0.3, 0.4) is 0 Å². The number of hydrogen-bond acceptors (Lipinski definition) is 4. The summed E-state index contributed by atoms with van der Waals surface area (Å²) < 4.78 is 26.6. The maximum absolute atomic E-state index is 12.5. The van der Waals surface area contributed by atoms with E-state index in [2.05, 4.69) is 15.5 Å². The molecular formula is C11H20N4O2S. The molecule has 0 amide bonds. The smallest absolute Gasteiger partial charge is 0.246 e. The summed E-state index contributed by atoms with van der Waals surface area (Å²) in [6.07, 6.45) is 1.71. The second-order valence-corrected chi connectivity index (χ2v) is 6.60. The first-order valence-corrected chi connectivity index (χ1v) is 7.59. The van der Waals surface area contributed by atoms with Crippen molar-refractivity contribution in [2.24, 2.45) is 0 Å². The Bertz CT molecular complexity index is 496. The third-order valence-electron chi connectivity index (χ3n) is 3.52.